The van der Waals surface area contributed by atoms with Crippen LogP contribution in [-0.2, 0) is 13.0 Å². The molecule has 3 aromatic rings. The lowest BCUT2D eigenvalue weighted by Crippen LogP contribution is -2.39. The van der Waals surface area contributed by atoms with Crippen molar-refractivity contribution in [2.45, 2.75) is 38.8 Å². The lowest BCUT2D eigenvalue weighted by atomic mass is 10.1. The molecule has 1 aliphatic rings. The molecule has 0 saturated carbocycles. The Balaban J connectivity index is 1.39. The first-order chi connectivity index (χ1) is 15.6. The van der Waals surface area contributed by atoms with Gasteiger partial charge in [-0.2, -0.15) is 5.26 Å². The van der Waals surface area contributed by atoms with Crippen molar-refractivity contribution >= 4 is 17.5 Å². The van der Waals surface area contributed by atoms with E-state index in [-0.39, 0.29) is 11.7 Å². The maximum atomic E-state index is 12.6. The summed E-state index contributed by atoms with van der Waals surface area (Å²) < 4.78 is 7.59. The molecule has 1 saturated heterocycles. The van der Waals surface area contributed by atoms with Gasteiger partial charge in [0.15, 0.2) is 0 Å². The third-order valence-corrected chi connectivity index (χ3v) is 5.85. The van der Waals surface area contributed by atoms with E-state index in [1.165, 1.54) is 10.6 Å². The van der Waals surface area contributed by atoms with Crippen LogP contribution in [0.4, 0.5) is 5.95 Å². The van der Waals surface area contributed by atoms with Gasteiger partial charge in [0.05, 0.1) is 23.2 Å². The van der Waals surface area contributed by atoms with Crippen LogP contribution in [0.3, 0.4) is 0 Å². The Morgan fingerprint density at radius 2 is 1.94 bits per heavy atom. The average Bonchev–Trinajstić information content (AvgIpc) is 2.83. The molecule has 3 heterocycles. The van der Waals surface area contributed by atoms with Crippen molar-refractivity contribution < 1.29 is 4.74 Å². The van der Waals surface area contributed by atoms with Crippen LogP contribution in [0.25, 0.3) is 0 Å². The van der Waals surface area contributed by atoms with Gasteiger partial charge in [0.25, 0.3) is 5.56 Å². The fraction of sp³-hybridized carbons (Fsp3) is 0.333. The second-order valence-electron chi connectivity index (χ2n) is 7.81. The minimum Gasteiger partial charge on any atom is -0.488 e. The summed E-state index contributed by atoms with van der Waals surface area (Å²) in [4.78, 5) is 23.7. The fourth-order valence-electron chi connectivity index (χ4n) is 3.72. The predicted octanol–water partition coefficient (Wildman–Crippen LogP) is 3.82. The lowest BCUT2D eigenvalue weighted by Gasteiger charge is -2.32. The molecule has 1 aromatic carbocycles. The van der Waals surface area contributed by atoms with Crippen LogP contribution in [-0.4, -0.2) is 33.7 Å². The summed E-state index contributed by atoms with van der Waals surface area (Å²) in [6.07, 6.45) is 7.81. The first-order valence-electron chi connectivity index (χ1n) is 10.7. The molecule has 0 amide bonds. The molecule has 0 spiro atoms. The number of pyridine rings is 1. The zero-order valence-corrected chi connectivity index (χ0v) is 18.6. The van der Waals surface area contributed by atoms with Crippen LogP contribution in [0.1, 0.15) is 36.5 Å². The van der Waals surface area contributed by atoms with Crippen LogP contribution in [0.2, 0.25) is 5.02 Å². The van der Waals surface area contributed by atoms with Gasteiger partial charge in [0.1, 0.15) is 11.9 Å². The Kier molecular flexibility index (Phi) is 6.72. The minimum atomic E-state index is -0.200. The van der Waals surface area contributed by atoms with Crippen molar-refractivity contribution in [3.8, 4) is 11.8 Å². The standard InChI is InChI=1S/C24H24ClN5O2/c1-2-17-13-27-24(28-14-17)29-8-6-20(7-9-29)32-22-11-23(31)30(16-21(22)25)15-19-5-3-4-18(10-19)12-26/h3-5,10-11,13-14,16,20H,2,6-9,15H2,1H3. The number of halogens is 1. The molecular formula is C24H24ClN5O2. The van der Waals surface area contributed by atoms with Gasteiger partial charge < -0.3 is 14.2 Å². The van der Waals surface area contributed by atoms with Crippen LogP contribution in [0.15, 0.2) is 53.7 Å². The van der Waals surface area contributed by atoms with Crippen molar-refractivity contribution in [3.05, 3.63) is 81.0 Å². The maximum Gasteiger partial charge on any atom is 0.254 e. The van der Waals surface area contributed by atoms with E-state index in [4.69, 9.17) is 21.6 Å². The second-order valence-corrected chi connectivity index (χ2v) is 8.22. The lowest BCUT2D eigenvalue weighted by molar-refractivity contribution is 0.170. The SMILES string of the molecule is CCc1cnc(N2CCC(Oc3cc(=O)n(Cc4cccc(C#N)c4)cc3Cl)CC2)nc1. The number of hydrogen-bond donors (Lipinski definition) is 0. The van der Waals surface area contributed by atoms with Crippen LogP contribution in [0.5, 0.6) is 5.75 Å². The Bertz CT molecular complexity index is 1180. The number of nitriles is 1. The van der Waals surface area contributed by atoms with Gasteiger partial charge >= 0.3 is 0 Å². The number of aryl methyl sites for hydroxylation is 1. The molecule has 4 rings (SSSR count). The summed E-state index contributed by atoms with van der Waals surface area (Å²) in [7, 11) is 0. The smallest absolute Gasteiger partial charge is 0.254 e. The van der Waals surface area contributed by atoms with Crippen molar-refractivity contribution in [1.82, 2.24) is 14.5 Å². The van der Waals surface area contributed by atoms with E-state index < -0.39 is 0 Å². The number of aromatic nitrogens is 3. The number of nitrogens with zero attached hydrogens (tertiary/aromatic N) is 5. The second kappa shape index (κ2) is 9.84. The van der Waals surface area contributed by atoms with Gasteiger partial charge in [-0.1, -0.05) is 30.7 Å². The summed E-state index contributed by atoms with van der Waals surface area (Å²) >= 11 is 6.43. The number of rotatable bonds is 6. The Morgan fingerprint density at radius 3 is 2.62 bits per heavy atom. The van der Waals surface area contributed by atoms with E-state index in [1.807, 2.05) is 18.5 Å². The molecule has 1 aliphatic heterocycles. The molecule has 8 heteroatoms. The van der Waals surface area contributed by atoms with Crippen molar-refractivity contribution in [3.63, 3.8) is 0 Å². The molecule has 0 aliphatic carbocycles. The highest BCUT2D eigenvalue weighted by Gasteiger charge is 2.23. The molecule has 164 valence electrons. The highest BCUT2D eigenvalue weighted by molar-refractivity contribution is 6.31. The topological polar surface area (TPSA) is 84.0 Å². The monoisotopic (exact) mass is 449 g/mol. The molecular weight excluding hydrogens is 426 g/mol. The normalized spacial score (nSPS) is 14.2. The van der Waals surface area contributed by atoms with Crippen LogP contribution >= 0.6 is 11.6 Å². The van der Waals surface area contributed by atoms with E-state index in [9.17, 15) is 4.79 Å². The molecule has 1 fully saturated rings. The summed E-state index contributed by atoms with van der Waals surface area (Å²) in [6, 6.07) is 10.7. The Hall–Kier alpha value is -3.37. The average molecular weight is 450 g/mol. The van der Waals surface area contributed by atoms with E-state index in [2.05, 4.69) is 27.9 Å². The molecule has 0 radical (unpaired) electrons. The third kappa shape index (κ3) is 5.09. The number of ether oxygens (including phenoxy) is 1. The largest absolute Gasteiger partial charge is 0.488 e. The first-order valence-corrected chi connectivity index (χ1v) is 11.0. The molecule has 0 N–H and O–H groups in total. The van der Waals surface area contributed by atoms with Gasteiger partial charge in [0, 0.05) is 50.6 Å². The Morgan fingerprint density at radius 1 is 1.19 bits per heavy atom. The van der Waals surface area contributed by atoms with Crippen molar-refractivity contribution in [2.75, 3.05) is 18.0 Å². The zero-order chi connectivity index (χ0) is 22.5. The van der Waals surface area contributed by atoms with Crippen molar-refractivity contribution in [2.24, 2.45) is 0 Å². The number of benzene rings is 1. The third-order valence-electron chi connectivity index (χ3n) is 5.57. The summed E-state index contributed by atoms with van der Waals surface area (Å²) in [6.45, 7) is 3.97. The molecule has 0 unspecified atom stereocenters. The van der Waals surface area contributed by atoms with E-state index in [0.717, 1.165) is 49.4 Å². The van der Waals surface area contributed by atoms with Gasteiger partial charge in [-0.3, -0.25) is 4.79 Å². The van der Waals surface area contributed by atoms with Gasteiger partial charge in [0.2, 0.25) is 5.95 Å². The number of piperidine rings is 1. The Labute approximate surface area is 191 Å². The van der Waals surface area contributed by atoms with Crippen molar-refractivity contribution in [1.29, 1.82) is 5.26 Å². The predicted molar refractivity (Wildman–Crippen MR) is 123 cm³/mol. The highest BCUT2D eigenvalue weighted by Crippen LogP contribution is 2.26. The van der Waals surface area contributed by atoms with Gasteiger partial charge in [-0.15, -0.1) is 0 Å². The zero-order valence-electron chi connectivity index (χ0n) is 17.9. The van der Waals surface area contributed by atoms with Gasteiger partial charge in [-0.25, -0.2) is 9.97 Å². The van der Waals surface area contributed by atoms with Crippen LogP contribution in [0, 0.1) is 11.3 Å². The highest BCUT2D eigenvalue weighted by atomic mass is 35.5. The van der Waals surface area contributed by atoms with E-state index >= 15 is 0 Å². The summed E-state index contributed by atoms with van der Waals surface area (Å²) in [5, 5.41) is 9.45. The number of hydrogen-bond acceptors (Lipinski definition) is 6. The van der Waals surface area contributed by atoms with E-state index in [1.54, 1.807) is 24.4 Å². The van der Waals surface area contributed by atoms with Crippen LogP contribution < -0.4 is 15.2 Å². The fourth-order valence-corrected chi connectivity index (χ4v) is 3.94. The quantitative estimate of drug-likeness (QED) is 0.568. The maximum absolute atomic E-state index is 12.6. The summed E-state index contributed by atoms with van der Waals surface area (Å²) in [5.74, 6) is 1.14. The minimum absolute atomic E-state index is 0.0266. The first kappa shape index (κ1) is 21.8. The molecule has 7 nitrogen and oxygen atoms in total. The molecule has 32 heavy (non-hydrogen) atoms. The molecule has 0 atom stereocenters. The summed E-state index contributed by atoms with van der Waals surface area (Å²) in [5.41, 5.74) is 2.33. The van der Waals surface area contributed by atoms with Gasteiger partial charge in [-0.05, 0) is 29.7 Å². The number of anilines is 1. The molecule has 0 bridgehead atoms. The molecule has 2 aromatic heterocycles. The van der Waals surface area contributed by atoms with E-state index in [0.29, 0.717) is 22.9 Å².